The number of unbranched alkanes of at least 4 members (excludes halogenated alkanes) is 2. The molecule has 96 valence electrons. The van der Waals surface area contributed by atoms with Gasteiger partial charge in [-0.2, -0.15) is 0 Å². The standard InChI is InChI=1S/C15H31N/c1-4-5-12-16(15-10-8-11-15)13-7-6-9-14(2)3/h14-15H,4-13H2,1-3H3. The Morgan fingerprint density at radius 1 is 1.06 bits per heavy atom. The van der Waals surface area contributed by atoms with E-state index in [0.717, 1.165) is 12.0 Å². The van der Waals surface area contributed by atoms with E-state index in [1.165, 1.54) is 64.5 Å². The van der Waals surface area contributed by atoms with Crippen molar-refractivity contribution in [1.82, 2.24) is 4.90 Å². The maximum absolute atomic E-state index is 2.77. The molecule has 0 saturated heterocycles. The van der Waals surface area contributed by atoms with Crippen LogP contribution in [0, 0.1) is 5.92 Å². The van der Waals surface area contributed by atoms with Crippen LogP contribution < -0.4 is 0 Å². The number of hydrogen-bond acceptors (Lipinski definition) is 1. The van der Waals surface area contributed by atoms with Gasteiger partial charge in [0.15, 0.2) is 0 Å². The minimum absolute atomic E-state index is 0.882. The van der Waals surface area contributed by atoms with Crippen molar-refractivity contribution >= 4 is 0 Å². The molecule has 1 heteroatoms. The fourth-order valence-corrected chi connectivity index (χ4v) is 2.46. The first-order chi connectivity index (χ1) is 7.74. The summed E-state index contributed by atoms with van der Waals surface area (Å²) in [6.45, 7) is 9.68. The third kappa shape index (κ3) is 5.34. The number of nitrogens with zero attached hydrogens (tertiary/aromatic N) is 1. The van der Waals surface area contributed by atoms with Crippen LogP contribution in [0.25, 0.3) is 0 Å². The minimum Gasteiger partial charge on any atom is -0.300 e. The zero-order valence-electron chi connectivity index (χ0n) is 11.7. The third-order valence-electron chi connectivity index (χ3n) is 3.87. The van der Waals surface area contributed by atoms with Crippen LogP contribution in [0.3, 0.4) is 0 Å². The molecule has 0 spiro atoms. The Hall–Kier alpha value is -0.0400. The Morgan fingerprint density at radius 2 is 1.75 bits per heavy atom. The van der Waals surface area contributed by atoms with Crippen LogP contribution in [-0.2, 0) is 0 Å². The van der Waals surface area contributed by atoms with Gasteiger partial charge in [0.1, 0.15) is 0 Å². The van der Waals surface area contributed by atoms with E-state index in [9.17, 15) is 0 Å². The van der Waals surface area contributed by atoms with E-state index in [4.69, 9.17) is 0 Å². The van der Waals surface area contributed by atoms with E-state index in [1.807, 2.05) is 0 Å². The average Bonchev–Trinajstić information content (AvgIpc) is 2.17. The van der Waals surface area contributed by atoms with Crippen LogP contribution in [0.5, 0.6) is 0 Å². The van der Waals surface area contributed by atoms with Crippen molar-refractivity contribution in [3.63, 3.8) is 0 Å². The molecule has 0 heterocycles. The van der Waals surface area contributed by atoms with E-state index in [-0.39, 0.29) is 0 Å². The maximum Gasteiger partial charge on any atom is 0.00952 e. The summed E-state index contributed by atoms with van der Waals surface area (Å²) < 4.78 is 0. The fraction of sp³-hybridized carbons (Fsp3) is 1.00. The first-order valence-electron chi connectivity index (χ1n) is 7.48. The Morgan fingerprint density at radius 3 is 2.25 bits per heavy atom. The van der Waals surface area contributed by atoms with Crippen molar-refractivity contribution in [2.45, 2.75) is 78.2 Å². The molecular formula is C15H31N. The van der Waals surface area contributed by atoms with Gasteiger partial charge >= 0.3 is 0 Å². The zero-order chi connectivity index (χ0) is 11.8. The lowest BCUT2D eigenvalue weighted by molar-refractivity contribution is 0.122. The molecule has 1 rings (SSSR count). The van der Waals surface area contributed by atoms with Crippen molar-refractivity contribution < 1.29 is 0 Å². The molecule has 1 saturated carbocycles. The molecule has 0 atom stereocenters. The van der Waals surface area contributed by atoms with Crippen LogP contribution in [0.15, 0.2) is 0 Å². The summed E-state index contributed by atoms with van der Waals surface area (Å²) >= 11 is 0. The summed E-state index contributed by atoms with van der Waals surface area (Å²) in [4.78, 5) is 2.77. The smallest absolute Gasteiger partial charge is 0.00952 e. The normalized spacial score (nSPS) is 17.1. The molecular weight excluding hydrogens is 194 g/mol. The van der Waals surface area contributed by atoms with Gasteiger partial charge in [-0.25, -0.2) is 0 Å². The van der Waals surface area contributed by atoms with Gasteiger partial charge in [0.2, 0.25) is 0 Å². The van der Waals surface area contributed by atoms with Crippen LogP contribution in [0.2, 0.25) is 0 Å². The van der Waals surface area contributed by atoms with Crippen molar-refractivity contribution in [1.29, 1.82) is 0 Å². The van der Waals surface area contributed by atoms with Gasteiger partial charge in [0.25, 0.3) is 0 Å². The second-order valence-corrected chi connectivity index (χ2v) is 5.86. The summed E-state index contributed by atoms with van der Waals surface area (Å²) in [6.07, 6.45) is 11.4. The van der Waals surface area contributed by atoms with Gasteiger partial charge in [0, 0.05) is 6.04 Å². The molecule has 0 amide bonds. The summed E-state index contributed by atoms with van der Waals surface area (Å²) in [6, 6.07) is 0.950. The van der Waals surface area contributed by atoms with E-state index in [2.05, 4.69) is 25.7 Å². The topological polar surface area (TPSA) is 3.24 Å². The first-order valence-corrected chi connectivity index (χ1v) is 7.48. The van der Waals surface area contributed by atoms with Gasteiger partial charge < -0.3 is 4.90 Å². The van der Waals surface area contributed by atoms with E-state index >= 15 is 0 Å². The number of rotatable bonds is 9. The SMILES string of the molecule is CCCCN(CCCCC(C)C)C1CCC1. The number of hydrogen-bond donors (Lipinski definition) is 0. The van der Waals surface area contributed by atoms with E-state index in [1.54, 1.807) is 0 Å². The van der Waals surface area contributed by atoms with Crippen LogP contribution in [0.4, 0.5) is 0 Å². The summed E-state index contributed by atoms with van der Waals surface area (Å²) in [7, 11) is 0. The largest absolute Gasteiger partial charge is 0.300 e. The second kappa shape index (κ2) is 8.11. The molecule has 16 heavy (non-hydrogen) atoms. The van der Waals surface area contributed by atoms with Gasteiger partial charge in [-0.3, -0.25) is 0 Å². The molecule has 0 bridgehead atoms. The third-order valence-corrected chi connectivity index (χ3v) is 3.87. The Kier molecular flexibility index (Phi) is 7.11. The molecule has 0 N–H and O–H groups in total. The Balaban J connectivity index is 2.11. The van der Waals surface area contributed by atoms with Crippen molar-refractivity contribution in [2.24, 2.45) is 5.92 Å². The quantitative estimate of drug-likeness (QED) is 0.523. The van der Waals surface area contributed by atoms with Crippen molar-refractivity contribution in [3.05, 3.63) is 0 Å². The van der Waals surface area contributed by atoms with Crippen molar-refractivity contribution in [3.8, 4) is 0 Å². The molecule has 1 nitrogen and oxygen atoms in total. The predicted octanol–water partition coefficient (Wildman–Crippen LogP) is 4.47. The van der Waals surface area contributed by atoms with Crippen LogP contribution >= 0.6 is 0 Å². The molecule has 1 fully saturated rings. The van der Waals surface area contributed by atoms with E-state index in [0.29, 0.717) is 0 Å². The second-order valence-electron chi connectivity index (χ2n) is 5.86. The molecule has 0 aromatic rings. The van der Waals surface area contributed by atoms with Gasteiger partial charge in [-0.05, 0) is 44.7 Å². The lowest BCUT2D eigenvalue weighted by atomic mass is 9.91. The van der Waals surface area contributed by atoms with Gasteiger partial charge in [-0.1, -0.05) is 46.5 Å². The molecule has 0 aromatic carbocycles. The summed E-state index contributed by atoms with van der Waals surface area (Å²) in [5, 5.41) is 0. The lowest BCUT2D eigenvalue weighted by Crippen LogP contribution is -2.41. The molecule has 1 aliphatic carbocycles. The predicted molar refractivity (Wildman–Crippen MR) is 72.8 cm³/mol. The van der Waals surface area contributed by atoms with Gasteiger partial charge in [0.05, 0.1) is 0 Å². The molecule has 0 aliphatic heterocycles. The first kappa shape index (κ1) is 14.0. The van der Waals surface area contributed by atoms with Gasteiger partial charge in [-0.15, -0.1) is 0 Å². The monoisotopic (exact) mass is 225 g/mol. The highest BCUT2D eigenvalue weighted by Gasteiger charge is 2.23. The average molecular weight is 225 g/mol. The molecule has 0 unspecified atom stereocenters. The molecule has 0 aromatic heterocycles. The fourth-order valence-electron chi connectivity index (χ4n) is 2.46. The highest BCUT2D eigenvalue weighted by Crippen LogP contribution is 2.25. The van der Waals surface area contributed by atoms with Crippen molar-refractivity contribution in [2.75, 3.05) is 13.1 Å². The molecule has 0 radical (unpaired) electrons. The lowest BCUT2D eigenvalue weighted by Gasteiger charge is -2.37. The maximum atomic E-state index is 2.77. The summed E-state index contributed by atoms with van der Waals surface area (Å²) in [5.74, 6) is 0.882. The summed E-state index contributed by atoms with van der Waals surface area (Å²) in [5.41, 5.74) is 0. The van der Waals surface area contributed by atoms with Crippen LogP contribution in [0.1, 0.15) is 72.1 Å². The van der Waals surface area contributed by atoms with E-state index < -0.39 is 0 Å². The Bertz CT molecular complexity index is 161. The highest BCUT2D eigenvalue weighted by molar-refractivity contribution is 4.79. The van der Waals surface area contributed by atoms with Crippen LogP contribution in [-0.4, -0.2) is 24.0 Å². The minimum atomic E-state index is 0.882. The Labute approximate surface area is 103 Å². The molecule has 1 aliphatic rings. The highest BCUT2D eigenvalue weighted by atomic mass is 15.2. The zero-order valence-corrected chi connectivity index (χ0v) is 11.7.